The van der Waals surface area contributed by atoms with Gasteiger partial charge in [0.2, 0.25) is 5.91 Å². The second kappa shape index (κ2) is 7.81. The maximum Gasteiger partial charge on any atom is 0.228 e. The van der Waals surface area contributed by atoms with E-state index in [-0.39, 0.29) is 11.9 Å². The number of nitrogens with two attached hydrogens (primary N) is 1. The predicted octanol–water partition coefficient (Wildman–Crippen LogP) is 4.47. The van der Waals surface area contributed by atoms with Crippen LogP contribution in [0.3, 0.4) is 0 Å². The number of amides is 1. The molecule has 1 amide bonds. The van der Waals surface area contributed by atoms with Crippen LogP contribution in [0.4, 0.5) is 11.4 Å². The molecule has 2 aromatic carbocycles. The van der Waals surface area contributed by atoms with Gasteiger partial charge in [0.15, 0.2) is 0 Å². The topological polar surface area (TPSA) is 49.6 Å². The molecular weight excluding hydrogens is 322 g/mol. The highest BCUT2D eigenvalue weighted by atomic mass is 16.2. The SMILES string of the molecule is CC(c1ccccc1)N(Cc1cc(N)ccc1N(C)C)C(=O)C(C)(C)C. The smallest absolute Gasteiger partial charge is 0.228 e. The Labute approximate surface area is 157 Å². The average molecular weight is 354 g/mol. The molecule has 0 aromatic heterocycles. The Hall–Kier alpha value is -2.49. The van der Waals surface area contributed by atoms with E-state index in [2.05, 4.69) is 24.0 Å². The summed E-state index contributed by atoms with van der Waals surface area (Å²) in [6.07, 6.45) is 0. The van der Waals surface area contributed by atoms with Crippen LogP contribution in [0.25, 0.3) is 0 Å². The molecule has 0 bridgehead atoms. The summed E-state index contributed by atoms with van der Waals surface area (Å²) in [7, 11) is 4.01. The summed E-state index contributed by atoms with van der Waals surface area (Å²) in [5.74, 6) is 0.126. The number of nitrogens with zero attached hydrogens (tertiary/aromatic N) is 2. The van der Waals surface area contributed by atoms with E-state index in [0.29, 0.717) is 12.2 Å². The quantitative estimate of drug-likeness (QED) is 0.807. The van der Waals surface area contributed by atoms with E-state index in [4.69, 9.17) is 5.73 Å². The molecule has 2 rings (SSSR count). The molecular formula is C22H31N3O. The Morgan fingerprint density at radius 2 is 1.69 bits per heavy atom. The maximum absolute atomic E-state index is 13.2. The van der Waals surface area contributed by atoms with Crippen molar-refractivity contribution in [2.24, 2.45) is 5.41 Å². The Morgan fingerprint density at radius 3 is 2.23 bits per heavy atom. The zero-order chi connectivity index (χ0) is 19.5. The number of carbonyl (C=O) groups is 1. The Balaban J connectivity index is 2.46. The molecule has 0 saturated carbocycles. The first-order chi connectivity index (χ1) is 12.1. The lowest BCUT2D eigenvalue weighted by molar-refractivity contribution is -0.142. The summed E-state index contributed by atoms with van der Waals surface area (Å²) in [6.45, 7) is 8.50. The van der Waals surface area contributed by atoms with Crippen LogP contribution in [0.5, 0.6) is 0 Å². The van der Waals surface area contributed by atoms with Crippen molar-refractivity contribution in [1.82, 2.24) is 4.90 Å². The number of carbonyl (C=O) groups excluding carboxylic acids is 1. The minimum atomic E-state index is -0.457. The van der Waals surface area contributed by atoms with Crippen LogP contribution in [0.15, 0.2) is 48.5 Å². The second-order valence-corrected chi connectivity index (χ2v) is 8.05. The number of benzene rings is 2. The third-order valence-corrected chi connectivity index (χ3v) is 4.58. The normalized spacial score (nSPS) is 12.5. The van der Waals surface area contributed by atoms with E-state index in [1.165, 1.54) is 0 Å². The molecule has 0 aliphatic rings. The van der Waals surface area contributed by atoms with Crippen LogP contribution in [0.2, 0.25) is 0 Å². The van der Waals surface area contributed by atoms with Crippen LogP contribution in [-0.2, 0) is 11.3 Å². The first kappa shape index (κ1) is 19.8. The molecule has 0 aliphatic carbocycles. The standard InChI is InChI=1S/C22H31N3O/c1-16(17-10-8-7-9-11-17)25(21(26)22(2,3)4)15-18-14-19(23)12-13-20(18)24(5)6/h7-14,16H,15,23H2,1-6H3. The van der Waals surface area contributed by atoms with Crippen LogP contribution < -0.4 is 10.6 Å². The van der Waals surface area contributed by atoms with Gasteiger partial charge in [0.05, 0.1) is 6.04 Å². The molecule has 2 N–H and O–H groups in total. The van der Waals surface area contributed by atoms with Crippen molar-refractivity contribution in [3.05, 3.63) is 59.7 Å². The van der Waals surface area contributed by atoms with Crippen molar-refractivity contribution < 1.29 is 4.79 Å². The Kier molecular flexibility index (Phi) is 5.96. The van der Waals surface area contributed by atoms with Gasteiger partial charge in [0, 0.05) is 37.4 Å². The third kappa shape index (κ3) is 4.57. The molecule has 0 saturated heterocycles. The van der Waals surface area contributed by atoms with Crippen molar-refractivity contribution in [3.63, 3.8) is 0 Å². The minimum absolute atomic E-state index is 0.0284. The number of hydrogen-bond donors (Lipinski definition) is 1. The van der Waals surface area contributed by atoms with E-state index in [0.717, 1.165) is 16.8 Å². The fourth-order valence-electron chi connectivity index (χ4n) is 3.08. The largest absolute Gasteiger partial charge is 0.399 e. The lowest BCUT2D eigenvalue weighted by Crippen LogP contribution is -2.40. The van der Waals surface area contributed by atoms with E-state index >= 15 is 0 Å². The maximum atomic E-state index is 13.2. The number of anilines is 2. The molecule has 0 aliphatic heterocycles. The fourth-order valence-corrected chi connectivity index (χ4v) is 3.08. The summed E-state index contributed by atoms with van der Waals surface area (Å²) in [4.78, 5) is 17.2. The molecule has 1 unspecified atom stereocenters. The van der Waals surface area contributed by atoms with Crippen molar-refractivity contribution >= 4 is 17.3 Å². The van der Waals surface area contributed by atoms with Gasteiger partial charge in [-0.2, -0.15) is 0 Å². The number of rotatable bonds is 5. The molecule has 2 aromatic rings. The van der Waals surface area contributed by atoms with Gasteiger partial charge in [-0.25, -0.2) is 0 Å². The van der Waals surface area contributed by atoms with Gasteiger partial charge in [0.1, 0.15) is 0 Å². The fraction of sp³-hybridized carbons (Fsp3) is 0.409. The molecule has 4 heteroatoms. The molecule has 0 fully saturated rings. The highest BCUT2D eigenvalue weighted by molar-refractivity contribution is 5.82. The van der Waals surface area contributed by atoms with Crippen molar-refractivity contribution in [2.45, 2.75) is 40.3 Å². The molecule has 0 radical (unpaired) electrons. The van der Waals surface area contributed by atoms with E-state index in [1.54, 1.807) is 0 Å². The van der Waals surface area contributed by atoms with Crippen molar-refractivity contribution in [2.75, 3.05) is 24.7 Å². The summed E-state index contributed by atoms with van der Waals surface area (Å²) in [5.41, 5.74) is 9.54. The molecule has 0 heterocycles. The summed E-state index contributed by atoms with van der Waals surface area (Å²) < 4.78 is 0. The zero-order valence-electron chi connectivity index (χ0n) is 16.8. The average Bonchev–Trinajstić information content (AvgIpc) is 2.58. The number of nitrogen functional groups attached to an aromatic ring is 1. The lowest BCUT2D eigenvalue weighted by Gasteiger charge is -2.35. The number of hydrogen-bond acceptors (Lipinski definition) is 3. The van der Waals surface area contributed by atoms with Gasteiger partial charge in [-0.1, -0.05) is 51.1 Å². The van der Waals surface area contributed by atoms with Gasteiger partial charge < -0.3 is 15.5 Å². The van der Waals surface area contributed by atoms with E-state index in [1.807, 2.05) is 76.2 Å². The van der Waals surface area contributed by atoms with Gasteiger partial charge in [0.25, 0.3) is 0 Å². The highest BCUT2D eigenvalue weighted by Gasteiger charge is 2.31. The van der Waals surface area contributed by atoms with E-state index < -0.39 is 5.41 Å². The van der Waals surface area contributed by atoms with Gasteiger partial charge in [-0.05, 0) is 36.2 Å². The monoisotopic (exact) mass is 353 g/mol. The first-order valence-corrected chi connectivity index (χ1v) is 9.03. The van der Waals surface area contributed by atoms with Crippen LogP contribution in [0, 0.1) is 5.41 Å². The molecule has 0 spiro atoms. The Morgan fingerprint density at radius 1 is 1.08 bits per heavy atom. The molecule has 140 valence electrons. The Bertz CT molecular complexity index is 748. The van der Waals surface area contributed by atoms with Crippen LogP contribution in [-0.4, -0.2) is 24.9 Å². The minimum Gasteiger partial charge on any atom is -0.399 e. The van der Waals surface area contributed by atoms with Gasteiger partial charge in [-0.3, -0.25) is 4.79 Å². The van der Waals surface area contributed by atoms with Crippen molar-refractivity contribution in [1.29, 1.82) is 0 Å². The highest BCUT2D eigenvalue weighted by Crippen LogP contribution is 2.31. The molecule has 1 atom stereocenters. The van der Waals surface area contributed by atoms with Crippen molar-refractivity contribution in [3.8, 4) is 0 Å². The molecule has 26 heavy (non-hydrogen) atoms. The third-order valence-electron chi connectivity index (χ3n) is 4.58. The van der Waals surface area contributed by atoms with Gasteiger partial charge >= 0.3 is 0 Å². The van der Waals surface area contributed by atoms with Gasteiger partial charge in [-0.15, -0.1) is 0 Å². The first-order valence-electron chi connectivity index (χ1n) is 9.03. The predicted molar refractivity (Wildman–Crippen MR) is 110 cm³/mol. The summed E-state index contributed by atoms with van der Waals surface area (Å²) >= 11 is 0. The summed E-state index contributed by atoms with van der Waals surface area (Å²) in [6, 6.07) is 16.0. The zero-order valence-corrected chi connectivity index (χ0v) is 16.8. The summed E-state index contributed by atoms with van der Waals surface area (Å²) in [5, 5.41) is 0. The van der Waals surface area contributed by atoms with E-state index in [9.17, 15) is 4.79 Å². The lowest BCUT2D eigenvalue weighted by atomic mass is 9.92. The second-order valence-electron chi connectivity index (χ2n) is 8.05. The van der Waals surface area contributed by atoms with Crippen LogP contribution in [0.1, 0.15) is 44.9 Å². The molecule has 4 nitrogen and oxygen atoms in total. The van der Waals surface area contributed by atoms with Crippen LogP contribution >= 0.6 is 0 Å².